The van der Waals surface area contributed by atoms with E-state index in [1.165, 1.54) is 11.3 Å². The van der Waals surface area contributed by atoms with E-state index in [-0.39, 0.29) is 6.04 Å². The summed E-state index contributed by atoms with van der Waals surface area (Å²) >= 11 is 0. The molecule has 0 radical (unpaired) electrons. The summed E-state index contributed by atoms with van der Waals surface area (Å²) in [5, 5.41) is 8.06. The van der Waals surface area contributed by atoms with Crippen molar-refractivity contribution in [3.8, 4) is 5.75 Å². The van der Waals surface area contributed by atoms with Crippen LogP contribution in [0.1, 0.15) is 35.5 Å². The van der Waals surface area contributed by atoms with Crippen molar-refractivity contribution in [3.63, 3.8) is 0 Å². The summed E-state index contributed by atoms with van der Waals surface area (Å²) in [5.41, 5.74) is 4.90. The number of ether oxygens (including phenoxy) is 1. The maximum atomic E-state index is 5.48. The van der Waals surface area contributed by atoms with Gasteiger partial charge in [0.05, 0.1) is 25.4 Å². The highest BCUT2D eigenvalue weighted by Gasteiger charge is 2.17. The number of benzene rings is 1. The molecule has 0 saturated heterocycles. The van der Waals surface area contributed by atoms with Gasteiger partial charge < -0.3 is 10.1 Å². The Kier molecular flexibility index (Phi) is 5.02. The van der Waals surface area contributed by atoms with Gasteiger partial charge in [-0.25, -0.2) is 0 Å². The number of rotatable bonds is 6. The zero-order valence-electron chi connectivity index (χ0n) is 13.6. The van der Waals surface area contributed by atoms with Crippen LogP contribution in [0.2, 0.25) is 0 Å². The third kappa shape index (κ3) is 3.10. The van der Waals surface area contributed by atoms with Gasteiger partial charge in [0.15, 0.2) is 0 Å². The van der Waals surface area contributed by atoms with Crippen LogP contribution < -0.4 is 10.1 Å². The highest BCUT2D eigenvalue weighted by Crippen LogP contribution is 2.26. The molecule has 114 valence electrons. The molecule has 0 spiro atoms. The molecule has 1 aromatic heterocycles. The molecule has 0 saturated carbocycles. The van der Waals surface area contributed by atoms with Crippen LogP contribution >= 0.6 is 0 Å². The molecule has 2 aromatic rings. The Bertz CT molecular complexity index is 604. The Morgan fingerprint density at radius 3 is 2.57 bits per heavy atom. The van der Waals surface area contributed by atoms with Gasteiger partial charge in [0.2, 0.25) is 0 Å². The van der Waals surface area contributed by atoms with Crippen molar-refractivity contribution in [1.82, 2.24) is 15.1 Å². The summed E-state index contributed by atoms with van der Waals surface area (Å²) in [6.45, 7) is 7.20. The molecule has 1 heterocycles. The molecule has 1 unspecified atom stereocenters. The summed E-state index contributed by atoms with van der Waals surface area (Å²) in [4.78, 5) is 0. The molecule has 4 heteroatoms. The van der Waals surface area contributed by atoms with Gasteiger partial charge in [-0.05, 0) is 38.9 Å². The number of hydrogen-bond acceptors (Lipinski definition) is 3. The largest absolute Gasteiger partial charge is 0.496 e. The van der Waals surface area contributed by atoms with E-state index in [0.717, 1.165) is 30.0 Å². The predicted molar refractivity (Wildman–Crippen MR) is 85.9 cm³/mol. The molecule has 4 nitrogen and oxygen atoms in total. The van der Waals surface area contributed by atoms with Crippen LogP contribution in [0.25, 0.3) is 0 Å². The van der Waals surface area contributed by atoms with Gasteiger partial charge in [-0.1, -0.05) is 25.1 Å². The lowest BCUT2D eigenvalue weighted by atomic mass is 10.1. The van der Waals surface area contributed by atoms with Crippen LogP contribution in [-0.2, 0) is 13.0 Å². The van der Waals surface area contributed by atoms with Crippen molar-refractivity contribution in [2.75, 3.05) is 14.2 Å². The monoisotopic (exact) mass is 287 g/mol. The summed E-state index contributed by atoms with van der Waals surface area (Å²) < 4.78 is 7.58. The minimum Gasteiger partial charge on any atom is -0.496 e. The normalized spacial score (nSPS) is 12.4. The van der Waals surface area contributed by atoms with Crippen LogP contribution in [0.15, 0.2) is 24.3 Å². The zero-order valence-corrected chi connectivity index (χ0v) is 13.6. The van der Waals surface area contributed by atoms with E-state index in [4.69, 9.17) is 4.74 Å². The molecule has 1 atom stereocenters. The minimum absolute atomic E-state index is 0.170. The van der Waals surface area contributed by atoms with Crippen molar-refractivity contribution >= 4 is 0 Å². The van der Waals surface area contributed by atoms with Gasteiger partial charge >= 0.3 is 0 Å². The van der Waals surface area contributed by atoms with Crippen LogP contribution in [0.5, 0.6) is 5.75 Å². The van der Waals surface area contributed by atoms with Crippen LogP contribution in [0.4, 0.5) is 0 Å². The summed E-state index contributed by atoms with van der Waals surface area (Å²) in [5.74, 6) is 0.911. The summed E-state index contributed by atoms with van der Waals surface area (Å²) in [6, 6.07) is 8.31. The van der Waals surface area contributed by atoms with E-state index in [2.05, 4.69) is 41.9 Å². The molecule has 0 aliphatic carbocycles. The molecule has 0 bridgehead atoms. The SMILES string of the molecule is CCc1c(C)nn(CC(NC)c2ccccc2OC)c1C. The Hall–Kier alpha value is -1.81. The van der Waals surface area contributed by atoms with Gasteiger partial charge in [0, 0.05) is 11.3 Å². The first-order chi connectivity index (χ1) is 10.1. The Morgan fingerprint density at radius 2 is 2.00 bits per heavy atom. The van der Waals surface area contributed by atoms with Gasteiger partial charge in [-0.15, -0.1) is 0 Å². The van der Waals surface area contributed by atoms with E-state index in [9.17, 15) is 0 Å². The van der Waals surface area contributed by atoms with E-state index < -0.39 is 0 Å². The van der Waals surface area contributed by atoms with Crippen molar-refractivity contribution in [1.29, 1.82) is 0 Å². The molecule has 2 rings (SSSR count). The van der Waals surface area contributed by atoms with Gasteiger partial charge in [0.25, 0.3) is 0 Å². The third-order valence-corrected chi connectivity index (χ3v) is 4.10. The molecule has 1 aromatic carbocycles. The lowest BCUT2D eigenvalue weighted by molar-refractivity contribution is 0.389. The van der Waals surface area contributed by atoms with Crippen molar-refractivity contribution in [2.45, 2.75) is 39.8 Å². The van der Waals surface area contributed by atoms with E-state index >= 15 is 0 Å². The van der Waals surface area contributed by atoms with E-state index in [1.54, 1.807) is 7.11 Å². The second kappa shape index (κ2) is 6.76. The first-order valence-electron chi connectivity index (χ1n) is 7.45. The zero-order chi connectivity index (χ0) is 15.4. The summed E-state index contributed by atoms with van der Waals surface area (Å²) in [7, 11) is 3.69. The predicted octanol–water partition coefficient (Wildman–Crippen LogP) is 3.03. The average Bonchev–Trinajstić information content (AvgIpc) is 2.78. The molecular weight excluding hydrogens is 262 g/mol. The van der Waals surface area contributed by atoms with Crippen molar-refractivity contribution < 1.29 is 4.74 Å². The smallest absolute Gasteiger partial charge is 0.123 e. The number of likely N-dealkylation sites (N-methyl/N-ethyl adjacent to an activating group) is 1. The van der Waals surface area contributed by atoms with Crippen LogP contribution in [0, 0.1) is 13.8 Å². The molecule has 21 heavy (non-hydrogen) atoms. The van der Waals surface area contributed by atoms with Crippen molar-refractivity contribution in [3.05, 3.63) is 46.8 Å². The molecule has 0 aliphatic heterocycles. The quantitative estimate of drug-likeness (QED) is 0.887. The third-order valence-electron chi connectivity index (χ3n) is 4.10. The molecule has 0 amide bonds. The van der Waals surface area contributed by atoms with Gasteiger partial charge in [0.1, 0.15) is 5.75 Å². The highest BCUT2D eigenvalue weighted by molar-refractivity contribution is 5.36. The van der Waals surface area contributed by atoms with Gasteiger partial charge in [-0.2, -0.15) is 5.10 Å². The van der Waals surface area contributed by atoms with Crippen LogP contribution in [-0.4, -0.2) is 23.9 Å². The second-order valence-electron chi connectivity index (χ2n) is 5.27. The minimum atomic E-state index is 0.170. The van der Waals surface area contributed by atoms with Crippen molar-refractivity contribution in [2.24, 2.45) is 0 Å². The number of aromatic nitrogens is 2. The lowest BCUT2D eigenvalue weighted by Gasteiger charge is -2.20. The molecule has 1 N–H and O–H groups in total. The number of nitrogens with one attached hydrogen (secondary N) is 1. The maximum absolute atomic E-state index is 5.48. The Balaban J connectivity index is 2.31. The average molecular weight is 287 g/mol. The second-order valence-corrected chi connectivity index (χ2v) is 5.27. The fourth-order valence-corrected chi connectivity index (χ4v) is 2.90. The number of nitrogens with zero attached hydrogens (tertiary/aromatic N) is 2. The maximum Gasteiger partial charge on any atom is 0.123 e. The summed E-state index contributed by atoms with van der Waals surface area (Å²) in [6.07, 6.45) is 1.02. The van der Waals surface area contributed by atoms with E-state index in [1.807, 2.05) is 25.2 Å². The molecule has 0 fully saturated rings. The standard InChI is InChI=1S/C17H25N3O/c1-6-14-12(2)19-20(13(14)3)11-16(18-4)15-9-7-8-10-17(15)21-5/h7-10,16,18H,6,11H2,1-5H3. The lowest BCUT2D eigenvalue weighted by Crippen LogP contribution is -2.23. The topological polar surface area (TPSA) is 39.1 Å². The van der Waals surface area contributed by atoms with Gasteiger partial charge in [-0.3, -0.25) is 4.68 Å². The molecular formula is C17H25N3O. The van der Waals surface area contributed by atoms with E-state index in [0.29, 0.717) is 0 Å². The van der Waals surface area contributed by atoms with Crippen LogP contribution in [0.3, 0.4) is 0 Å². The first kappa shape index (κ1) is 15.6. The number of hydrogen-bond donors (Lipinski definition) is 1. The number of aryl methyl sites for hydroxylation is 1. The fourth-order valence-electron chi connectivity index (χ4n) is 2.90. The number of para-hydroxylation sites is 1. The molecule has 0 aliphatic rings. The first-order valence-corrected chi connectivity index (χ1v) is 7.45. The fraction of sp³-hybridized carbons (Fsp3) is 0.471. The highest BCUT2D eigenvalue weighted by atomic mass is 16.5. The Morgan fingerprint density at radius 1 is 1.29 bits per heavy atom. The number of methoxy groups -OCH3 is 1. The Labute approximate surface area is 127 Å².